The number of carbonyl (C=O) groups excluding carboxylic acids is 1. The highest BCUT2D eigenvalue weighted by Gasteiger charge is 2.29. The molecule has 1 amide bonds. The molecule has 0 radical (unpaired) electrons. The van der Waals surface area contributed by atoms with Crippen molar-refractivity contribution in [3.05, 3.63) is 53.9 Å². The summed E-state index contributed by atoms with van der Waals surface area (Å²) in [6.45, 7) is 7.28. The fraction of sp³-hybridized carbons (Fsp3) is 0.391. The van der Waals surface area contributed by atoms with Crippen LogP contribution >= 0.6 is 0 Å². The highest BCUT2D eigenvalue weighted by Crippen LogP contribution is 2.29. The molecule has 0 saturated carbocycles. The number of nitrogens with zero attached hydrogens (tertiary/aromatic N) is 3. The molecule has 5 heteroatoms. The normalized spacial score (nSPS) is 17.2. The van der Waals surface area contributed by atoms with Crippen molar-refractivity contribution in [1.82, 2.24) is 14.8 Å². The highest BCUT2D eigenvalue weighted by molar-refractivity contribution is 5.94. The Bertz CT molecular complexity index is 989. The van der Waals surface area contributed by atoms with Gasteiger partial charge in [0.1, 0.15) is 5.76 Å². The molecular formula is C23H27N3O2. The van der Waals surface area contributed by atoms with Crippen LogP contribution in [0.3, 0.4) is 0 Å². The second-order valence-corrected chi connectivity index (χ2v) is 7.75. The summed E-state index contributed by atoms with van der Waals surface area (Å²) in [7, 11) is 2.09. The van der Waals surface area contributed by atoms with E-state index in [0.29, 0.717) is 18.2 Å². The molecule has 2 aromatic carbocycles. The van der Waals surface area contributed by atoms with Gasteiger partial charge in [0.05, 0.1) is 5.69 Å². The zero-order valence-electron chi connectivity index (χ0n) is 16.8. The molecule has 1 saturated heterocycles. The third kappa shape index (κ3) is 3.67. The van der Waals surface area contributed by atoms with Crippen molar-refractivity contribution in [2.24, 2.45) is 5.92 Å². The van der Waals surface area contributed by atoms with Gasteiger partial charge in [-0.05, 0) is 43.7 Å². The summed E-state index contributed by atoms with van der Waals surface area (Å²) in [5, 5.41) is 2.33. The summed E-state index contributed by atoms with van der Waals surface area (Å²) < 4.78 is 6.03. The standard InChI is InChI=1S/C23H27N3O2/c1-4-26-14-17(12-22(26)27)13-25(3)15-21-16(2)28-23(24-21)20-11-7-9-18-8-5-6-10-19(18)20/h5-11,17H,4,12-15H2,1-3H3/t17-/m0/s1. The van der Waals surface area contributed by atoms with E-state index < -0.39 is 0 Å². The topological polar surface area (TPSA) is 49.6 Å². The van der Waals surface area contributed by atoms with Crippen LogP contribution in [0.25, 0.3) is 22.2 Å². The number of aromatic nitrogens is 1. The lowest BCUT2D eigenvalue weighted by atomic mass is 10.0. The lowest BCUT2D eigenvalue weighted by molar-refractivity contribution is -0.127. The molecule has 5 nitrogen and oxygen atoms in total. The molecule has 3 aromatic rings. The van der Waals surface area contributed by atoms with E-state index in [0.717, 1.165) is 48.6 Å². The zero-order valence-corrected chi connectivity index (χ0v) is 16.8. The van der Waals surface area contributed by atoms with E-state index >= 15 is 0 Å². The summed E-state index contributed by atoms with van der Waals surface area (Å²) in [5.41, 5.74) is 1.98. The van der Waals surface area contributed by atoms with Crippen molar-refractivity contribution >= 4 is 16.7 Å². The number of amides is 1. The molecule has 0 unspecified atom stereocenters. The van der Waals surface area contributed by atoms with Crippen LogP contribution in [0, 0.1) is 12.8 Å². The van der Waals surface area contributed by atoms with Gasteiger partial charge in [0.15, 0.2) is 0 Å². The molecule has 0 bridgehead atoms. The van der Waals surface area contributed by atoms with E-state index in [2.05, 4.69) is 36.2 Å². The predicted molar refractivity (Wildman–Crippen MR) is 111 cm³/mol. The Hall–Kier alpha value is -2.66. The molecule has 1 fully saturated rings. The number of carbonyl (C=O) groups is 1. The van der Waals surface area contributed by atoms with Gasteiger partial charge in [-0.2, -0.15) is 0 Å². The van der Waals surface area contributed by atoms with Gasteiger partial charge in [-0.3, -0.25) is 4.79 Å². The van der Waals surface area contributed by atoms with Crippen LogP contribution in [0.5, 0.6) is 0 Å². The molecule has 1 atom stereocenters. The first-order chi connectivity index (χ1) is 13.5. The molecule has 1 aliphatic rings. The predicted octanol–water partition coefficient (Wildman–Crippen LogP) is 4.10. The number of aryl methyl sites for hydroxylation is 1. The van der Waals surface area contributed by atoms with E-state index in [4.69, 9.17) is 9.40 Å². The smallest absolute Gasteiger partial charge is 0.227 e. The Morgan fingerprint density at radius 3 is 2.79 bits per heavy atom. The molecular weight excluding hydrogens is 350 g/mol. The Kier molecular flexibility index (Phi) is 5.18. The summed E-state index contributed by atoms with van der Waals surface area (Å²) in [6, 6.07) is 14.5. The molecule has 0 aliphatic carbocycles. The van der Waals surface area contributed by atoms with Gasteiger partial charge in [0.25, 0.3) is 0 Å². The number of benzene rings is 2. The summed E-state index contributed by atoms with van der Waals surface area (Å²) >= 11 is 0. The van der Waals surface area contributed by atoms with E-state index in [1.807, 2.05) is 36.9 Å². The maximum Gasteiger partial charge on any atom is 0.227 e. The first kappa shape index (κ1) is 18.7. The summed E-state index contributed by atoms with van der Waals surface area (Å²) in [6.07, 6.45) is 0.650. The molecule has 2 heterocycles. The van der Waals surface area contributed by atoms with E-state index in [-0.39, 0.29) is 5.91 Å². The monoisotopic (exact) mass is 377 g/mol. The molecule has 1 aliphatic heterocycles. The van der Waals surface area contributed by atoms with E-state index in [1.165, 1.54) is 5.39 Å². The second-order valence-electron chi connectivity index (χ2n) is 7.75. The Morgan fingerprint density at radius 1 is 1.21 bits per heavy atom. The van der Waals surface area contributed by atoms with Crippen molar-refractivity contribution in [2.45, 2.75) is 26.8 Å². The summed E-state index contributed by atoms with van der Waals surface area (Å²) in [4.78, 5) is 20.9. The molecule has 0 spiro atoms. The number of likely N-dealkylation sites (tertiary alicyclic amines) is 1. The summed E-state index contributed by atoms with van der Waals surface area (Å²) in [5.74, 6) is 2.19. The number of hydrogen-bond acceptors (Lipinski definition) is 4. The van der Waals surface area contributed by atoms with E-state index in [1.54, 1.807) is 0 Å². The van der Waals surface area contributed by atoms with Gasteiger partial charge in [0, 0.05) is 38.2 Å². The quantitative estimate of drug-likeness (QED) is 0.649. The number of hydrogen-bond donors (Lipinski definition) is 0. The lowest BCUT2D eigenvalue weighted by Crippen LogP contribution is -2.28. The van der Waals surface area contributed by atoms with Crippen LogP contribution in [0.2, 0.25) is 0 Å². The van der Waals surface area contributed by atoms with Crippen molar-refractivity contribution in [3.63, 3.8) is 0 Å². The highest BCUT2D eigenvalue weighted by atomic mass is 16.4. The van der Waals surface area contributed by atoms with Gasteiger partial charge < -0.3 is 14.2 Å². The fourth-order valence-electron chi connectivity index (χ4n) is 4.14. The van der Waals surface area contributed by atoms with E-state index in [9.17, 15) is 4.79 Å². The third-order valence-corrected chi connectivity index (χ3v) is 5.58. The average molecular weight is 377 g/mol. The number of oxazole rings is 1. The van der Waals surface area contributed by atoms with Crippen molar-refractivity contribution in [3.8, 4) is 11.5 Å². The number of rotatable bonds is 6. The van der Waals surface area contributed by atoms with Crippen LogP contribution in [0.15, 0.2) is 46.9 Å². The van der Waals surface area contributed by atoms with Gasteiger partial charge in [-0.15, -0.1) is 0 Å². The Labute approximate surface area is 166 Å². The molecule has 0 N–H and O–H groups in total. The largest absolute Gasteiger partial charge is 0.441 e. The molecule has 146 valence electrons. The van der Waals surface area contributed by atoms with Gasteiger partial charge in [-0.25, -0.2) is 4.98 Å². The van der Waals surface area contributed by atoms with Crippen LogP contribution in [-0.2, 0) is 11.3 Å². The van der Waals surface area contributed by atoms with Gasteiger partial charge in [0.2, 0.25) is 11.8 Å². The first-order valence-electron chi connectivity index (χ1n) is 9.96. The van der Waals surface area contributed by atoms with Crippen molar-refractivity contribution < 1.29 is 9.21 Å². The van der Waals surface area contributed by atoms with Gasteiger partial charge in [-0.1, -0.05) is 36.4 Å². The molecule has 1 aromatic heterocycles. The van der Waals surface area contributed by atoms with Crippen LogP contribution in [-0.4, -0.2) is 47.4 Å². The molecule has 4 rings (SSSR count). The maximum absolute atomic E-state index is 12.0. The first-order valence-corrected chi connectivity index (χ1v) is 9.96. The van der Waals surface area contributed by atoms with Crippen molar-refractivity contribution in [2.75, 3.05) is 26.7 Å². The van der Waals surface area contributed by atoms with Crippen LogP contribution in [0.4, 0.5) is 0 Å². The average Bonchev–Trinajstić information content (AvgIpc) is 3.23. The molecule has 28 heavy (non-hydrogen) atoms. The zero-order chi connectivity index (χ0) is 19.7. The minimum atomic E-state index is 0.275. The lowest BCUT2D eigenvalue weighted by Gasteiger charge is -2.20. The SMILES string of the molecule is CCN1C[C@H](CN(C)Cc2nc(-c3cccc4ccccc34)oc2C)CC1=O. The minimum absolute atomic E-state index is 0.275. The minimum Gasteiger partial charge on any atom is -0.441 e. The Balaban J connectivity index is 1.50. The van der Waals surface area contributed by atoms with Gasteiger partial charge >= 0.3 is 0 Å². The second kappa shape index (κ2) is 7.76. The number of fused-ring (bicyclic) bond motifs is 1. The van der Waals surface area contributed by atoms with Crippen molar-refractivity contribution in [1.29, 1.82) is 0 Å². The fourth-order valence-corrected chi connectivity index (χ4v) is 4.14. The maximum atomic E-state index is 12.0. The Morgan fingerprint density at radius 2 is 2.00 bits per heavy atom. The van der Waals surface area contributed by atoms with Crippen LogP contribution < -0.4 is 0 Å². The third-order valence-electron chi connectivity index (χ3n) is 5.58. The van der Waals surface area contributed by atoms with Crippen LogP contribution in [0.1, 0.15) is 24.8 Å².